The molecule has 0 saturated heterocycles. The van der Waals surface area contributed by atoms with E-state index in [0.29, 0.717) is 25.7 Å². The predicted octanol–water partition coefficient (Wildman–Crippen LogP) is 5.38. The minimum Gasteiger partial charge on any atom is -0.490 e. The number of nitrogens with one attached hydrogen (secondary N) is 1. The molecule has 3 rings (SSSR count). The lowest BCUT2D eigenvalue weighted by Gasteiger charge is -2.15. The molecule has 0 spiro atoms. The van der Waals surface area contributed by atoms with Gasteiger partial charge in [0, 0.05) is 23.3 Å². The summed E-state index contributed by atoms with van der Waals surface area (Å²) in [6, 6.07) is 19.8. The van der Waals surface area contributed by atoms with Crippen molar-refractivity contribution in [3.63, 3.8) is 0 Å². The first-order chi connectivity index (χ1) is 14.8. The van der Waals surface area contributed by atoms with Gasteiger partial charge in [0.25, 0.3) is 0 Å². The Kier molecular flexibility index (Phi) is 9.00. The second-order valence-corrected chi connectivity index (χ2v) is 7.50. The van der Waals surface area contributed by atoms with E-state index in [-0.39, 0.29) is 0 Å². The van der Waals surface area contributed by atoms with E-state index in [2.05, 4.69) is 26.2 Å². The number of hydrogen-bond acceptors (Lipinski definition) is 5. The number of aromatic nitrogens is 1. The summed E-state index contributed by atoms with van der Waals surface area (Å²) in [7, 11) is 0. The number of ether oxygens (including phenoxy) is 3. The smallest absolute Gasteiger partial charge is 0.213 e. The molecule has 1 N–H and O–H groups in total. The van der Waals surface area contributed by atoms with Gasteiger partial charge in [-0.1, -0.05) is 52.3 Å². The van der Waals surface area contributed by atoms with Gasteiger partial charge in [-0.05, 0) is 49.2 Å². The van der Waals surface area contributed by atoms with Gasteiger partial charge in [-0.2, -0.15) is 0 Å². The Morgan fingerprint density at radius 1 is 0.933 bits per heavy atom. The van der Waals surface area contributed by atoms with Crippen LogP contribution < -0.4 is 19.5 Å². The molecule has 1 aromatic heterocycles. The van der Waals surface area contributed by atoms with E-state index in [1.54, 1.807) is 6.20 Å². The summed E-state index contributed by atoms with van der Waals surface area (Å²) < 4.78 is 18.4. The first-order valence-corrected chi connectivity index (χ1v) is 10.9. The molecule has 5 nitrogen and oxygen atoms in total. The fourth-order valence-electron chi connectivity index (χ4n) is 2.86. The van der Waals surface area contributed by atoms with Gasteiger partial charge in [0.2, 0.25) is 5.88 Å². The molecule has 158 valence electrons. The molecule has 3 aromatic rings. The average molecular weight is 471 g/mol. The summed E-state index contributed by atoms with van der Waals surface area (Å²) >= 11 is 3.66. The Balaban J connectivity index is 1.50. The van der Waals surface area contributed by atoms with E-state index in [9.17, 15) is 0 Å². The Morgan fingerprint density at radius 3 is 2.50 bits per heavy atom. The topological polar surface area (TPSA) is 52.6 Å². The van der Waals surface area contributed by atoms with Crippen molar-refractivity contribution in [2.24, 2.45) is 0 Å². The van der Waals surface area contributed by atoms with Crippen molar-refractivity contribution in [1.82, 2.24) is 10.3 Å². The lowest BCUT2D eigenvalue weighted by atomic mass is 10.2. The third-order valence-corrected chi connectivity index (χ3v) is 5.09. The molecule has 0 aliphatic carbocycles. The lowest BCUT2D eigenvalue weighted by molar-refractivity contribution is 0.268. The fourth-order valence-corrected chi connectivity index (χ4v) is 3.32. The molecule has 0 radical (unpaired) electrons. The highest BCUT2D eigenvalue weighted by atomic mass is 79.9. The van der Waals surface area contributed by atoms with E-state index in [1.807, 2.05) is 67.6 Å². The van der Waals surface area contributed by atoms with Crippen LogP contribution in [0.25, 0.3) is 0 Å². The van der Waals surface area contributed by atoms with Crippen LogP contribution in [0, 0.1) is 0 Å². The molecule has 0 bridgehead atoms. The van der Waals surface area contributed by atoms with Gasteiger partial charge in [0.1, 0.15) is 6.61 Å². The van der Waals surface area contributed by atoms with Crippen LogP contribution in [-0.2, 0) is 13.2 Å². The summed E-state index contributed by atoms with van der Waals surface area (Å²) in [6.07, 6.45) is 2.62. The molecule has 30 heavy (non-hydrogen) atoms. The van der Waals surface area contributed by atoms with Crippen LogP contribution in [0.1, 0.15) is 24.5 Å². The normalized spacial score (nSPS) is 10.6. The number of benzene rings is 2. The van der Waals surface area contributed by atoms with Crippen LogP contribution in [0.15, 0.2) is 71.3 Å². The Morgan fingerprint density at radius 2 is 1.73 bits per heavy atom. The number of hydrogen-bond donors (Lipinski definition) is 1. The SMILES string of the molecule is CCOc1cc(CNCCCOc2ccccn2)c(Br)cc1OCc1ccccc1. The summed E-state index contributed by atoms with van der Waals surface area (Å²) in [5.41, 5.74) is 2.24. The highest BCUT2D eigenvalue weighted by Crippen LogP contribution is 2.34. The second-order valence-electron chi connectivity index (χ2n) is 6.64. The first-order valence-electron chi connectivity index (χ1n) is 10.1. The Bertz CT molecular complexity index is 892. The Labute approximate surface area is 186 Å². The first kappa shape index (κ1) is 22.1. The highest BCUT2D eigenvalue weighted by Gasteiger charge is 2.11. The zero-order valence-electron chi connectivity index (χ0n) is 17.1. The standard InChI is InChI=1S/C24H27BrN2O3/c1-2-28-22-15-20(17-26-12-8-14-29-24-11-6-7-13-27-24)21(25)16-23(22)30-18-19-9-4-3-5-10-19/h3-7,9-11,13,15-16,26H,2,8,12,14,17-18H2,1H3. The zero-order valence-corrected chi connectivity index (χ0v) is 18.7. The monoisotopic (exact) mass is 470 g/mol. The summed E-state index contributed by atoms with van der Waals surface area (Å²) in [5, 5.41) is 3.45. The fraction of sp³-hybridized carbons (Fsp3) is 0.292. The number of halogens is 1. The average Bonchev–Trinajstić information content (AvgIpc) is 2.78. The van der Waals surface area contributed by atoms with Crippen LogP contribution in [0.4, 0.5) is 0 Å². The van der Waals surface area contributed by atoms with E-state index >= 15 is 0 Å². The predicted molar refractivity (Wildman–Crippen MR) is 122 cm³/mol. The Hall–Kier alpha value is -2.57. The molecule has 0 fully saturated rings. The quantitative estimate of drug-likeness (QED) is 0.360. The third kappa shape index (κ3) is 7.04. The maximum atomic E-state index is 6.01. The van der Waals surface area contributed by atoms with Gasteiger partial charge in [-0.3, -0.25) is 0 Å². The largest absolute Gasteiger partial charge is 0.490 e. The maximum Gasteiger partial charge on any atom is 0.213 e. The van der Waals surface area contributed by atoms with Crippen molar-refractivity contribution < 1.29 is 14.2 Å². The second kappa shape index (κ2) is 12.2. The molecule has 6 heteroatoms. The molecule has 0 aliphatic rings. The van der Waals surface area contributed by atoms with Crippen molar-refractivity contribution in [2.45, 2.75) is 26.5 Å². The van der Waals surface area contributed by atoms with Gasteiger partial charge >= 0.3 is 0 Å². The minimum atomic E-state index is 0.501. The van der Waals surface area contributed by atoms with Crippen molar-refractivity contribution in [1.29, 1.82) is 0 Å². The molecular formula is C24H27BrN2O3. The summed E-state index contributed by atoms with van der Waals surface area (Å²) in [4.78, 5) is 4.15. The van der Waals surface area contributed by atoms with Gasteiger partial charge in [-0.15, -0.1) is 0 Å². The van der Waals surface area contributed by atoms with E-state index in [1.165, 1.54) is 0 Å². The van der Waals surface area contributed by atoms with Crippen molar-refractivity contribution >= 4 is 15.9 Å². The highest BCUT2D eigenvalue weighted by molar-refractivity contribution is 9.10. The van der Waals surface area contributed by atoms with Gasteiger partial charge in [-0.25, -0.2) is 4.98 Å². The van der Waals surface area contributed by atoms with E-state index in [0.717, 1.165) is 46.6 Å². The van der Waals surface area contributed by atoms with Crippen molar-refractivity contribution in [3.8, 4) is 17.4 Å². The summed E-state index contributed by atoms with van der Waals surface area (Å²) in [6.45, 7) is 5.26. The van der Waals surface area contributed by atoms with Gasteiger partial charge in [0.15, 0.2) is 11.5 Å². The number of rotatable bonds is 12. The van der Waals surface area contributed by atoms with Gasteiger partial charge < -0.3 is 19.5 Å². The van der Waals surface area contributed by atoms with Crippen LogP contribution in [0.5, 0.6) is 17.4 Å². The molecular weight excluding hydrogens is 444 g/mol. The lowest BCUT2D eigenvalue weighted by Crippen LogP contribution is -2.17. The number of nitrogens with zero attached hydrogens (tertiary/aromatic N) is 1. The van der Waals surface area contributed by atoms with E-state index in [4.69, 9.17) is 14.2 Å². The maximum absolute atomic E-state index is 6.01. The van der Waals surface area contributed by atoms with E-state index < -0.39 is 0 Å². The molecule has 0 amide bonds. The van der Waals surface area contributed by atoms with Crippen molar-refractivity contribution in [3.05, 3.63) is 82.5 Å². The van der Waals surface area contributed by atoms with Crippen LogP contribution in [0.3, 0.4) is 0 Å². The molecule has 0 atom stereocenters. The molecule has 0 saturated carbocycles. The molecule has 0 unspecified atom stereocenters. The van der Waals surface area contributed by atoms with Crippen LogP contribution in [0.2, 0.25) is 0 Å². The zero-order chi connectivity index (χ0) is 21.0. The minimum absolute atomic E-state index is 0.501. The molecule has 0 aliphatic heterocycles. The third-order valence-electron chi connectivity index (χ3n) is 4.35. The summed E-state index contributed by atoms with van der Waals surface area (Å²) in [5.74, 6) is 2.15. The number of pyridine rings is 1. The van der Waals surface area contributed by atoms with Crippen LogP contribution in [-0.4, -0.2) is 24.7 Å². The molecule has 1 heterocycles. The van der Waals surface area contributed by atoms with Gasteiger partial charge in [0.05, 0.1) is 13.2 Å². The van der Waals surface area contributed by atoms with Crippen LogP contribution >= 0.6 is 15.9 Å². The molecule has 2 aromatic carbocycles. The van der Waals surface area contributed by atoms with Crippen molar-refractivity contribution in [2.75, 3.05) is 19.8 Å².